The quantitative estimate of drug-likeness (QED) is 0.0169. The molecule has 0 bridgehead atoms. The summed E-state index contributed by atoms with van der Waals surface area (Å²) in [5.41, 5.74) is 0. The van der Waals surface area contributed by atoms with E-state index < -0.39 is 97.5 Å². The lowest BCUT2D eigenvalue weighted by Gasteiger charge is -2.21. The highest BCUT2D eigenvalue weighted by molar-refractivity contribution is 7.47. The molecule has 0 radical (unpaired) electrons. The Balaban J connectivity index is 5.24. The van der Waals surface area contributed by atoms with Gasteiger partial charge in [0.05, 0.1) is 26.4 Å². The zero-order chi connectivity index (χ0) is 62.6. The molecule has 3 N–H and O–H groups in total. The second-order valence-corrected chi connectivity index (χ2v) is 26.1. The minimum Gasteiger partial charge on any atom is -0.462 e. The van der Waals surface area contributed by atoms with E-state index in [1.807, 2.05) is 0 Å². The normalized spacial score (nSPS) is 14.3. The Hall–Kier alpha value is -2.46. The second kappa shape index (κ2) is 60.5. The molecule has 0 rings (SSSR count). The highest BCUT2D eigenvalue weighted by Gasteiger charge is 2.30. The lowest BCUT2D eigenvalue weighted by atomic mass is 10.0. The molecule has 0 saturated carbocycles. The summed E-state index contributed by atoms with van der Waals surface area (Å²) in [6.45, 7) is 4.79. The van der Waals surface area contributed by atoms with E-state index >= 15 is 0 Å². The van der Waals surface area contributed by atoms with Crippen molar-refractivity contribution in [3.63, 3.8) is 0 Å². The van der Waals surface area contributed by atoms with Gasteiger partial charge in [-0.15, -0.1) is 0 Å². The number of esters is 4. The summed E-state index contributed by atoms with van der Waals surface area (Å²) in [7, 11) is -9.89. The predicted molar refractivity (Wildman–Crippen MR) is 340 cm³/mol. The van der Waals surface area contributed by atoms with Gasteiger partial charge in [0.25, 0.3) is 0 Å². The van der Waals surface area contributed by atoms with Gasteiger partial charge in [0.1, 0.15) is 19.3 Å². The maximum absolute atomic E-state index is 13.0. The molecule has 0 amide bonds. The number of rotatable bonds is 65. The molecule has 0 saturated heterocycles. The zero-order valence-corrected chi connectivity index (χ0v) is 55.8. The first-order chi connectivity index (χ1) is 41.2. The molecule has 17 nitrogen and oxygen atoms in total. The number of hydrogen-bond donors (Lipinski definition) is 3. The highest BCUT2D eigenvalue weighted by atomic mass is 31.2. The van der Waals surface area contributed by atoms with Gasteiger partial charge in [-0.1, -0.05) is 264 Å². The van der Waals surface area contributed by atoms with Crippen LogP contribution in [0.2, 0.25) is 0 Å². The summed E-state index contributed by atoms with van der Waals surface area (Å²) in [5.74, 6) is -2.16. The van der Waals surface area contributed by atoms with Crippen LogP contribution in [0.1, 0.15) is 317 Å². The monoisotopic (exact) mass is 1250 g/mol. The number of allylic oxidation sites excluding steroid dienone is 4. The number of phosphoric acid groups is 2. The molecule has 0 aromatic carbocycles. The largest absolute Gasteiger partial charge is 0.472 e. The summed E-state index contributed by atoms with van der Waals surface area (Å²) in [4.78, 5) is 72.1. The number of ether oxygens (including phenoxy) is 4. The van der Waals surface area contributed by atoms with Crippen molar-refractivity contribution in [2.45, 2.75) is 335 Å². The minimum atomic E-state index is -4.95. The molecule has 0 aromatic rings. The van der Waals surface area contributed by atoms with Crippen molar-refractivity contribution in [3.8, 4) is 0 Å². The van der Waals surface area contributed by atoms with Crippen LogP contribution in [0.25, 0.3) is 0 Å². The molecule has 500 valence electrons. The number of phosphoric ester groups is 2. The molecule has 85 heavy (non-hydrogen) atoms. The van der Waals surface area contributed by atoms with E-state index in [1.54, 1.807) is 0 Å². The molecule has 0 aromatic heterocycles. The maximum Gasteiger partial charge on any atom is 0.472 e. The van der Waals surface area contributed by atoms with Crippen molar-refractivity contribution in [1.29, 1.82) is 0 Å². The van der Waals surface area contributed by atoms with Gasteiger partial charge in [-0.25, -0.2) is 9.13 Å². The number of aliphatic hydroxyl groups is 1. The lowest BCUT2D eigenvalue weighted by molar-refractivity contribution is -0.161. The van der Waals surface area contributed by atoms with E-state index in [0.29, 0.717) is 25.7 Å². The molecule has 2 unspecified atom stereocenters. The highest BCUT2D eigenvalue weighted by Crippen LogP contribution is 2.45. The number of hydrogen-bond acceptors (Lipinski definition) is 15. The minimum absolute atomic E-state index is 0.0857. The topological polar surface area (TPSA) is 237 Å². The molecule has 0 fully saturated rings. The zero-order valence-electron chi connectivity index (χ0n) is 54.1. The predicted octanol–water partition coefficient (Wildman–Crippen LogP) is 18.3. The van der Waals surface area contributed by atoms with E-state index in [4.69, 9.17) is 37.0 Å². The van der Waals surface area contributed by atoms with Gasteiger partial charge in [0, 0.05) is 25.7 Å². The number of aliphatic hydroxyl groups excluding tert-OH is 1. The molecule has 5 atom stereocenters. The Labute approximate surface area is 516 Å². The number of carbonyl (C=O) groups excluding carboxylic acids is 4. The van der Waals surface area contributed by atoms with Gasteiger partial charge >= 0.3 is 39.5 Å². The van der Waals surface area contributed by atoms with Gasteiger partial charge in [-0.2, -0.15) is 0 Å². The van der Waals surface area contributed by atoms with Crippen LogP contribution in [0, 0.1) is 0 Å². The third kappa shape index (κ3) is 60.2. The van der Waals surface area contributed by atoms with E-state index in [2.05, 4.69) is 52.0 Å². The summed E-state index contributed by atoms with van der Waals surface area (Å²) >= 11 is 0. The Morgan fingerprint density at radius 3 is 0.859 bits per heavy atom. The third-order valence-corrected chi connectivity index (χ3v) is 16.6. The SMILES string of the molecule is CCCCCC/C=C\C=C/CCCCCCCC(=O)O[C@H](COC(=O)CCCCCCCCCCCCCCCC)COP(=O)(O)OC[C@@H](O)COP(=O)(O)OC[C@@H](COC(=O)CCCCCCCCC)OC(=O)CCCCCCCCCCC. The first kappa shape index (κ1) is 82.5. The van der Waals surface area contributed by atoms with Gasteiger partial charge in [-0.05, 0) is 51.4 Å². The molecular weight excluding hydrogens is 1130 g/mol. The first-order valence-electron chi connectivity index (χ1n) is 34.1. The van der Waals surface area contributed by atoms with Crippen LogP contribution < -0.4 is 0 Å². The summed E-state index contributed by atoms with van der Waals surface area (Å²) < 4.78 is 67.9. The summed E-state index contributed by atoms with van der Waals surface area (Å²) in [6.07, 6.45) is 49.5. The van der Waals surface area contributed by atoms with Crippen molar-refractivity contribution >= 4 is 39.5 Å². The van der Waals surface area contributed by atoms with E-state index in [0.717, 1.165) is 116 Å². The first-order valence-corrected chi connectivity index (χ1v) is 37.1. The Morgan fingerprint density at radius 2 is 0.565 bits per heavy atom. The van der Waals surface area contributed by atoms with Crippen molar-refractivity contribution in [2.24, 2.45) is 0 Å². The van der Waals surface area contributed by atoms with Crippen LogP contribution in [0.15, 0.2) is 24.3 Å². The summed E-state index contributed by atoms with van der Waals surface area (Å²) in [5, 5.41) is 10.5. The standard InChI is InChI=1S/C66H124O17P2/c1-5-9-13-17-21-24-26-28-30-32-34-37-41-45-49-53-66(71)83-62(57-77-64(69)51-47-43-39-36-33-31-29-27-25-22-18-14-10-6-2)59-81-85(74,75)79-55-60(67)54-78-84(72,73)80-58-61(56-76-63(68)50-46-42-38-20-16-12-8-4)82-65(70)52-48-44-40-35-23-19-15-11-7-3/h24,26,28,30,60-62,67H,5-23,25,27,29,31-59H2,1-4H3,(H,72,73)(H,74,75)/b26-24-,30-28-/t60-,61+,62+/m0/s1. The van der Waals surface area contributed by atoms with Crippen LogP contribution in [-0.2, 0) is 65.4 Å². The molecule has 19 heteroatoms. The maximum atomic E-state index is 13.0. The van der Waals surface area contributed by atoms with Gasteiger partial charge < -0.3 is 33.8 Å². The van der Waals surface area contributed by atoms with E-state index in [9.17, 15) is 43.2 Å². The van der Waals surface area contributed by atoms with Crippen molar-refractivity contribution in [2.75, 3.05) is 39.6 Å². The van der Waals surface area contributed by atoms with Gasteiger partial charge in [0.2, 0.25) is 0 Å². The fraction of sp³-hybridized carbons (Fsp3) is 0.879. The van der Waals surface area contributed by atoms with Crippen molar-refractivity contribution in [3.05, 3.63) is 24.3 Å². The summed E-state index contributed by atoms with van der Waals surface area (Å²) in [6, 6.07) is 0. The smallest absolute Gasteiger partial charge is 0.462 e. The second-order valence-electron chi connectivity index (χ2n) is 23.2. The Kier molecular flexibility index (Phi) is 58.7. The van der Waals surface area contributed by atoms with Crippen molar-refractivity contribution < 1.29 is 80.2 Å². The average Bonchev–Trinajstić information content (AvgIpc) is 3.53. The van der Waals surface area contributed by atoms with E-state index in [1.165, 1.54) is 122 Å². The molecular formula is C66H124O17P2. The Morgan fingerprint density at radius 1 is 0.329 bits per heavy atom. The third-order valence-electron chi connectivity index (χ3n) is 14.7. The fourth-order valence-electron chi connectivity index (χ4n) is 9.45. The van der Waals surface area contributed by atoms with Crippen molar-refractivity contribution in [1.82, 2.24) is 0 Å². The Bertz CT molecular complexity index is 1730. The van der Waals surface area contributed by atoms with Crippen LogP contribution >= 0.6 is 15.6 Å². The van der Waals surface area contributed by atoms with Gasteiger partial charge in [0.15, 0.2) is 12.2 Å². The van der Waals surface area contributed by atoms with Crippen LogP contribution in [0.3, 0.4) is 0 Å². The average molecular weight is 1250 g/mol. The fourth-order valence-corrected chi connectivity index (χ4v) is 11.0. The molecule has 0 aliphatic carbocycles. The van der Waals surface area contributed by atoms with Crippen LogP contribution in [0.5, 0.6) is 0 Å². The molecule has 0 aliphatic rings. The number of unbranched alkanes of at least 4 members (excludes halogenated alkanes) is 36. The lowest BCUT2D eigenvalue weighted by Crippen LogP contribution is -2.30. The number of carbonyl (C=O) groups is 4. The van der Waals surface area contributed by atoms with E-state index in [-0.39, 0.29) is 25.7 Å². The molecule has 0 heterocycles. The van der Waals surface area contributed by atoms with Crippen LogP contribution in [0.4, 0.5) is 0 Å². The van der Waals surface area contributed by atoms with Crippen LogP contribution in [-0.4, -0.2) is 96.7 Å². The molecule has 0 spiro atoms. The van der Waals surface area contributed by atoms with Gasteiger partial charge in [-0.3, -0.25) is 37.3 Å². The molecule has 0 aliphatic heterocycles.